The molecule has 3 aromatic rings. The van der Waals surface area contributed by atoms with Crippen LogP contribution in [0.4, 0.5) is 5.69 Å². The van der Waals surface area contributed by atoms with E-state index in [-0.39, 0.29) is 0 Å². The van der Waals surface area contributed by atoms with Gasteiger partial charge in [0.2, 0.25) is 0 Å². The van der Waals surface area contributed by atoms with E-state index in [1.807, 2.05) is 23.1 Å². The van der Waals surface area contributed by atoms with Crippen LogP contribution in [0.3, 0.4) is 0 Å². The lowest BCUT2D eigenvalue weighted by molar-refractivity contribution is 0.257. The van der Waals surface area contributed by atoms with Crippen LogP contribution in [0.25, 0.3) is 5.69 Å². The molecule has 2 aromatic carbocycles. The lowest BCUT2D eigenvalue weighted by Gasteiger charge is -2.37. The van der Waals surface area contributed by atoms with Crippen molar-refractivity contribution in [3.63, 3.8) is 0 Å². The average Bonchev–Trinajstić information content (AvgIpc) is 3.27. The van der Waals surface area contributed by atoms with Gasteiger partial charge in [0.1, 0.15) is 0 Å². The van der Waals surface area contributed by atoms with Crippen LogP contribution in [0.2, 0.25) is 0 Å². The quantitative estimate of drug-likeness (QED) is 0.610. The third-order valence-electron chi connectivity index (χ3n) is 5.89. The van der Waals surface area contributed by atoms with Gasteiger partial charge in [0.05, 0.1) is 5.69 Å². The lowest BCUT2D eigenvalue weighted by Crippen LogP contribution is -2.48. The highest BCUT2D eigenvalue weighted by atomic mass is 15.3. The number of nitrogens with one attached hydrogen (secondary N) is 1. The molecule has 0 aliphatic carbocycles. The smallest absolute Gasteiger partial charge is 0.0651 e. The molecule has 0 atom stereocenters. The predicted octanol–water partition coefficient (Wildman–Crippen LogP) is 3.71. The van der Waals surface area contributed by atoms with Gasteiger partial charge in [-0.1, -0.05) is 23.8 Å². The van der Waals surface area contributed by atoms with Gasteiger partial charge in [-0.25, -0.2) is 4.68 Å². The van der Waals surface area contributed by atoms with Crippen LogP contribution in [-0.4, -0.2) is 53.9 Å². The summed E-state index contributed by atoms with van der Waals surface area (Å²) in [7, 11) is 0. The van der Waals surface area contributed by atoms with Crippen LogP contribution in [0.1, 0.15) is 22.3 Å². The van der Waals surface area contributed by atoms with E-state index in [9.17, 15) is 0 Å². The molecular weight excluding hydrogens is 370 g/mol. The number of nitrogens with zero attached hydrogens (tertiary/aromatic N) is 4. The third kappa shape index (κ3) is 5.10. The highest BCUT2D eigenvalue weighted by molar-refractivity contribution is 5.54. The number of aromatic nitrogens is 2. The number of rotatable bonds is 7. The highest BCUT2D eigenvalue weighted by Gasteiger charge is 2.18. The summed E-state index contributed by atoms with van der Waals surface area (Å²) < 4.78 is 1.92. The van der Waals surface area contributed by atoms with Crippen LogP contribution in [0.5, 0.6) is 0 Å². The molecule has 5 nitrogen and oxygen atoms in total. The Morgan fingerprint density at radius 1 is 0.933 bits per heavy atom. The van der Waals surface area contributed by atoms with Gasteiger partial charge in [-0.2, -0.15) is 5.10 Å². The molecule has 4 rings (SSSR count). The largest absolute Gasteiger partial charge is 0.369 e. The van der Waals surface area contributed by atoms with Gasteiger partial charge < -0.3 is 10.2 Å². The topological polar surface area (TPSA) is 36.3 Å². The Labute approximate surface area is 180 Å². The van der Waals surface area contributed by atoms with Crippen LogP contribution < -0.4 is 10.2 Å². The van der Waals surface area contributed by atoms with Crippen LogP contribution in [-0.2, 0) is 6.54 Å². The molecule has 0 radical (unpaired) electrons. The molecular formula is C25H33N5. The van der Waals surface area contributed by atoms with E-state index in [2.05, 4.69) is 77.4 Å². The van der Waals surface area contributed by atoms with Gasteiger partial charge in [0.25, 0.3) is 0 Å². The zero-order chi connectivity index (χ0) is 20.9. The van der Waals surface area contributed by atoms with Gasteiger partial charge in [-0.15, -0.1) is 0 Å². The average molecular weight is 404 g/mol. The molecule has 0 bridgehead atoms. The summed E-state index contributed by atoms with van der Waals surface area (Å²) in [4.78, 5) is 5.10. The number of anilines is 1. The summed E-state index contributed by atoms with van der Waals surface area (Å²) in [6.45, 7) is 14.0. The molecule has 1 aliphatic heterocycles. The summed E-state index contributed by atoms with van der Waals surface area (Å²) in [6.07, 6.45) is 3.81. The molecule has 2 heterocycles. The second kappa shape index (κ2) is 9.45. The molecule has 158 valence electrons. The Bertz CT molecular complexity index is 956. The predicted molar refractivity (Wildman–Crippen MR) is 125 cm³/mol. The van der Waals surface area contributed by atoms with E-state index in [0.717, 1.165) is 51.5 Å². The lowest BCUT2D eigenvalue weighted by atomic mass is 10.1. The van der Waals surface area contributed by atoms with Crippen molar-refractivity contribution < 1.29 is 0 Å². The summed E-state index contributed by atoms with van der Waals surface area (Å²) in [5, 5.41) is 7.97. The standard InChI is InChI=1S/C25H33N5/c1-20-5-6-25(22(3)15-20)29-13-11-28(12-14-29)10-8-26-19-23-16-21(2)17-24(18-23)30-9-4-7-27-30/h4-7,9,15-18,26H,8,10-14,19H2,1-3H3. The van der Waals surface area contributed by atoms with E-state index in [1.165, 1.54) is 27.9 Å². The molecule has 1 N–H and O–H groups in total. The number of hydrogen-bond donors (Lipinski definition) is 1. The van der Waals surface area contributed by atoms with Crippen molar-refractivity contribution in [1.82, 2.24) is 20.0 Å². The van der Waals surface area contributed by atoms with E-state index < -0.39 is 0 Å². The normalized spacial score (nSPS) is 15.0. The Morgan fingerprint density at radius 2 is 1.77 bits per heavy atom. The van der Waals surface area contributed by atoms with Crippen molar-refractivity contribution in [3.8, 4) is 5.69 Å². The first-order chi connectivity index (χ1) is 14.6. The molecule has 5 heteroatoms. The second-order valence-corrected chi connectivity index (χ2v) is 8.42. The fourth-order valence-electron chi connectivity index (χ4n) is 4.34. The number of hydrogen-bond acceptors (Lipinski definition) is 4. The molecule has 1 fully saturated rings. The first kappa shape index (κ1) is 20.6. The van der Waals surface area contributed by atoms with E-state index in [1.54, 1.807) is 0 Å². The minimum absolute atomic E-state index is 0.887. The van der Waals surface area contributed by atoms with Crippen molar-refractivity contribution in [2.24, 2.45) is 0 Å². The van der Waals surface area contributed by atoms with E-state index >= 15 is 0 Å². The number of benzene rings is 2. The Hall–Kier alpha value is -2.63. The SMILES string of the molecule is Cc1cc(CNCCN2CCN(c3ccc(C)cc3C)CC2)cc(-n2cccn2)c1. The fourth-order valence-corrected chi connectivity index (χ4v) is 4.34. The minimum atomic E-state index is 0.887. The van der Waals surface area contributed by atoms with Crippen LogP contribution in [0, 0.1) is 20.8 Å². The molecule has 1 aliphatic rings. The highest BCUT2D eigenvalue weighted by Crippen LogP contribution is 2.22. The van der Waals surface area contributed by atoms with Crippen molar-refractivity contribution in [3.05, 3.63) is 77.1 Å². The molecule has 0 unspecified atom stereocenters. The van der Waals surface area contributed by atoms with E-state index in [4.69, 9.17) is 0 Å². The molecule has 0 amide bonds. The van der Waals surface area contributed by atoms with Crippen LogP contribution >= 0.6 is 0 Å². The Morgan fingerprint density at radius 3 is 2.50 bits per heavy atom. The van der Waals surface area contributed by atoms with Crippen molar-refractivity contribution in [1.29, 1.82) is 0 Å². The van der Waals surface area contributed by atoms with Gasteiger partial charge in [0.15, 0.2) is 0 Å². The molecule has 1 saturated heterocycles. The zero-order valence-electron chi connectivity index (χ0n) is 18.4. The van der Waals surface area contributed by atoms with Gasteiger partial charge in [-0.05, 0) is 61.7 Å². The fraction of sp³-hybridized carbons (Fsp3) is 0.400. The Kier molecular flexibility index (Phi) is 6.50. The molecule has 0 saturated carbocycles. The monoisotopic (exact) mass is 403 g/mol. The number of piperazine rings is 1. The summed E-state index contributed by atoms with van der Waals surface area (Å²) in [5.41, 5.74) is 7.82. The first-order valence-electron chi connectivity index (χ1n) is 10.9. The second-order valence-electron chi connectivity index (χ2n) is 8.42. The minimum Gasteiger partial charge on any atom is -0.369 e. The Balaban J connectivity index is 1.22. The molecule has 0 spiro atoms. The van der Waals surface area contributed by atoms with Crippen LogP contribution in [0.15, 0.2) is 54.9 Å². The maximum Gasteiger partial charge on any atom is 0.0651 e. The van der Waals surface area contributed by atoms with Gasteiger partial charge in [-0.3, -0.25) is 4.90 Å². The maximum atomic E-state index is 4.35. The van der Waals surface area contributed by atoms with Gasteiger partial charge in [0, 0.05) is 63.9 Å². The first-order valence-corrected chi connectivity index (χ1v) is 10.9. The van der Waals surface area contributed by atoms with Gasteiger partial charge >= 0.3 is 0 Å². The maximum absolute atomic E-state index is 4.35. The van der Waals surface area contributed by atoms with Crippen molar-refractivity contribution >= 4 is 5.69 Å². The summed E-state index contributed by atoms with van der Waals surface area (Å²) >= 11 is 0. The molecule has 30 heavy (non-hydrogen) atoms. The molecule has 1 aromatic heterocycles. The van der Waals surface area contributed by atoms with Crippen molar-refractivity contribution in [2.75, 3.05) is 44.2 Å². The van der Waals surface area contributed by atoms with E-state index in [0.29, 0.717) is 0 Å². The summed E-state index contributed by atoms with van der Waals surface area (Å²) in [6, 6.07) is 15.4. The number of aryl methyl sites for hydroxylation is 3. The summed E-state index contributed by atoms with van der Waals surface area (Å²) in [5.74, 6) is 0. The van der Waals surface area contributed by atoms with Crippen molar-refractivity contribution in [2.45, 2.75) is 27.3 Å². The third-order valence-corrected chi connectivity index (χ3v) is 5.89. The zero-order valence-corrected chi connectivity index (χ0v) is 18.4.